The van der Waals surface area contributed by atoms with Crippen molar-refractivity contribution in [2.24, 2.45) is 0 Å². The van der Waals surface area contributed by atoms with Gasteiger partial charge in [-0.1, -0.05) is 30.7 Å². The number of hydrogen-bond acceptors (Lipinski definition) is 4. The molecule has 0 spiro atoms. The van der Waals surface area contributed by atoms with Crippen LogP contribution in [0.5, 0.6) is 5.75 Å². The Bertz CT molecular complexity index is 921. The van der Waals surface area contributed by atoms with Gasteiger partial charge >= 0.3 is 0 Å². The van der Waals surface area contributed by atoms with E-state index in [-0.39, 0.29) is 17.7 Å². The Balaban J connectivity index is 1.81. The van der Waals surface area contributed by atoms with Gasteiger partial charge in [0, 0.05) is 12.1 Å². The van der Waals surface area contributed by atoms with E-state index in [1.54, 1.807) is 24.3 Å². The molecule has 0 aromatic heterocycles. The molecule has 1 aliphatic heterocycles. The SMILES string of the molecule is CCC1(c2ccc(NC(=O)c3cc(C)ccc3OC)cc2)CCC(=O)NC1=O. The van der Waals surface area contributed by atoms with E-state index in [1.165, 1.54) is 7.11 Å². The highest BCUT2D eigenvalue weighted by atomic mass is 16.5. The summed E-state index contributed by atoms with van der Waals surface area (Å²) in [5.74, 6) is -0.245. The topological polar surface area (TPSA) is 84.5 Å². The average molecular weight is 380 g/mol. The van der Waals surface area contributed by atoms with E-state index in [9.17, 15) is 14.4 Å². The van der Waals surface area contributed by atoms with Gasteiger partial charge in [0.2, 0.25) is 11.8 Å². The van der Waals surface area contributed by atoms with Crippen molar-refractivity contribution in [3.8, 4) is 5.75 Å². The summed E-state index contributed by atoms with van der Waals surface area (Å²) >= 11 is 0. The molecule has 1 fully saturated rings. The maximum Gasteiger partial charge on any atom is 0.259 e. The summed E-state index contributed by atoms with van der Waals surface area (Å²) in [6.45, 7) is 3.85. The number of carbonyl (C=O) groups is 3. The number of nitrogens with one attached hydrogen (secondary N) is 2. The summed E-state index contributed by atoms with van der Waals surface area (Å²) in [5, 5.41) is 5.31. The second-order valence-electron chi connectivity index (χ2n) is 7.05. The van der Waals surface area contributed by atoms with E-state index in [0.717, 1.165) is 11.1 Å². The Morgan fingerprint density at radius 2 is 1.89 bits per heavy atom. The maximum absolute atomic E-state index is 12.6. The number of benzene rings is 2. The molecule has 2 N–H and O–H groups in total. The van der Waals surface area contributed by atoms with Crippen LogP contribution < -0.4 is 15.4 Å². The summed E-state index contributed by atoms with van der Waals surface area (Å²) in [6, 6.07) is 12.6. The summed E-state index contributed by atoms with van der Waals surface area (Å²) in [7, 11) is 1.53. The van der Waals surface area contributed by atoms with E-state index in [2.05, 4.69) is 10.6 Å². The third kappa shape index (κ3) is 3.63. The van der Waals surface area contributed by atoms with Crippen LogP contribution in [0.1, 0.15) is 47.7 Å². The van der Waals surface area contributed by atoms with Gasteiger partial charge in [-0.25, -0.2) is 0 Å². The molecule has 3 amide bonds. The lowest BCUT2D eigenvalue weighted by Crippen LogP contribution is -2.51. The normalized spacial score (nSPS) is 19.1. The van der Waals surface area contributed by atoms with Gasteiger partial charge in [-0.05, 0) is 49.6 Å². The van der Waals surface area contributed by atoms with Gasteiger partial charge in [0.15, 0.2) is 0 Å². The summed E-state index contributed by atoms with van der Waals surface area (Å²) < 4.78 is 5.27. The van der Waals surface area contributed by atoms with Crippen molar-refractivity contribution >= 4 is 23.4 Å². The van der Waals surface area contributed by atoms with Gasteiger partial charge in [-0.2, -0.15) is 0 Å². The number of carbonyl (C=O) groups excluding carboxylic acids is 3. The largest absolute Gasteiger partial charge is 0.496 e. The first kappa shape index (κ1) is 19.6. The molecule has 1 aliphatic rings. The molecule has 1 heterocycles. The first-order valence-electron chi connectivity index (χ1n) is 9.30. The monoisotopic (exact) mass is 380 g/mol. The number of rotatable bonds is 5. The Labute approximate surface area is 164 Å². The molecule has 0 bridgehead atoms. The predicted molar refractivity (Wildman–Crippen MR) is 106 cm³/mol. The fourth-order valence-corrected chi connectivity index (χ4v) is 3.64. The molecule has 146 valence electrons. The number of amides is 3. The van der Waals surface area contributed by atoms with Gasteiger partial charge < -0.3 is 10.1 Å². The van der Waals surface area contributed by atoms with E-state index in [4.69, 9.17) is 4.74 Å². The van der Waals surface area contributed by atoms with Crippen molar-refractivity contribution in [3.63, 3.8) is 0 Å². The van der Waals surface area contributed by atoms with E-state index >= 15 is 0 Å². The third-order valence-corrected chi connectivity index (χ3v) is 5.36. The number of piperidine rings is 1. The second-order valence-corrected chi connectivity index (χ2v) is 7.05. The highest BCUT2D eigenvalue weighted by molar-refractivity contribution is 6.06. The zero-order valence-corrected chi connectivity index (χ0v) is 16.3. The van der Waals surface area contributed by atoms with E-state index in [1.807, 2.05) is 32.0 Å². The standard InChI is InChI=1S/C22H24N2O4/c1-4-22(12-11-19(25)24-21(22)27)15-6-8-16(9-7-15)23-20(26)17-13-14(2)5-10-18(17)28-3/h5-10,13H,4,11-12H2,1-3H3,(H,23,26)(H,24,25,27). The van der Waals surface area contributed by atoms with Gasteiger partial charge in [0.05, 0.1) is 18.1 Å². The lowest BCUT2D eigenvalue weighted by Gasteiger charge is -2.35. The van der Waals surface area contributed by atoms with Crippen molar-refractivity contribution in [1.29, 1.82) is 0 Å². The molecule has 2 aromatic rings. The zero-order chi connectivity index (χ0) is 20.3. The Morgan fingerprint density at radius 3 is 2.50 bits per heavy atom. The minimum absolute atomic E-state index is 0.231. The second kappa shape index (κ2) is 7.84. The van der Waals surface area contributed by atoms with E-state index < -0.39 is 5.41 Å². The molecule has 0 aliphatic carbocycles. The Morgan fingerprint density at radius 1 is 1.18 bits per heavy atom. The van der Waals surface area contributed by atoms with Gasteiger partial charge in [-0.3, -0.25) is 19.7 Å². The summed E-state index contributed by atoms with van der Waals surface area (Å²) in [6.07, 6.45) is 1.41. The van der Waals surface area contributed by atoms with Crippen molar-refractivity contribution in [2.45, 2.75) is 38.5 Å². The van der Waals surface area contributed by atoms with Gasteiger partial charge in [0.1, 0.15) is 5.75 Å². The minimum atomic E-state index is -0.712. The van der Waals surface area contributed by atoms with Crippen LogP contribution in [-0.4, -0.2) is 24.8 Å². The van der Waals surface area contributed by atoms with Crippen LogP contribution >= 0.6 is 0 Å². The number of imide groups is 1. The number of ether oxygens (including phenoxy) is 1. The molecule has 6 nitrogen and oxygen atoms in total. The van der Waals surface area contributed by atoms with Crippen molar-refractivity contribution < 1.29 is 19.1 Å². The fraction of sp³-hybridized carbons (Fsp3) is 0.318. The number of aryl methyl sites for hydroxylation is 1. The molecule has 1 saturated heterocycles. The minimum Gasteiger partial charge on any atom is -0.496 e. The summed E-state index contributed by atoms with van der Waals surface area (Å²) in [5.41, 5.74) is 2.17. The van der Waals surface area contributed by atoms with Crippen LogP contribution in [0.3, 0.4) is 0 Å². The molecule has 3 rings (SSSR count). The first-order chi connectivity index (χ1) is 13.4. The molecule has 6 heteroatoms. The molecule has 1 atom stereocenters. The van der Waals surface area contributed by atoms with Crippen LogP contribution in [0.25, 0.3) is 0 Å². The van der Waals surface area contributed by atoms with Crippen LogP contribution in [0, 0.1) is 6.92 Å². The predicted octanol–water partition coefficient (Wildman–Crippen LogP) is 3.34. The van der Waals surface area contributed by atoms with Crippen LogP contribution in [0.2, 0.25) is 0 Å². The van der Waals surface area contributed by atoms with Crippen molar-refractivity contribution in [2.75, 3.05) is 12.4 Å². The molecule has 0 radical (unpaired) electrons. The fourth-order valence-electron chi connectivity index (χ4n) is 3.64. The van der Waals surface area contributed by atoms with Gasteiger partial charge in [0.25, 0.3) is 5.91 Å². The Kier molecular flexibility index (Phi) is 5.49. The third-order valence-electron chi connectivity index (χ3n) is 5.36. The average Bonchev–Trinajstić information content (AvgIpc) is 2.69. The van der Waals surface area contributed by atoms with Crippen LogP contribution in [0.15, 0.2) is 42.5 Å². The van der Waals surface area contributed by atoms with E-state index in [0.29, 0.717) is 36.3 Å². The number of methoxy groups -OCH3 is 1. The molecular formula is C22H24N2O4. The lowest BCUT2D eigenvalue weighted by molar-refractivity contribution is -0.138. The molecule has 1 unspecified atom stereocenters. The molecular weight excluding hydrogens is 356 g/mol. The molecule has 0 saturated carbocycles. The van der Waals surface area contributed by atoms with Crippen molar-refractivity contribution in [3.05, 3.63) is 59.2 Å². The summed E-state index contributed by atoms with van der Waals surface area (Å²) in [4.78, 5) is 36.6. The number of anilines is 1. The quantitative estimate of drug-likeness (QED) is 0.779. The zero-order valence-electron chi connectivity index (χ0n) is 16.3. The molecule has 28 heavy (non-hydrogen) atoms. The smallest absolute Gasteiger partial charge is 0.259 e. The van der Waals surface area contributed by atoms with Gasteiger partial charge in [-0.15, -0.1) is 0 Å². The van der Waals surface area contributed by atoms with Crippen LogP contribution in [-0.2, 0) is 15.0 Å². The lowest BCUT2D eigenvalue weighted by atomic mass is 9.72. The first-order valence-corrected chi connectivity index (χ1v) is 9.30. The molecule has 2 aromatic carbocycles. The maximum atomic E-state index is 12.6. The highest BCUT2D eigenvalue weighted by Crippen LogP contribution is 2.36. The Hall–Kier alpha value is -3.15. The highest BCUT2D eigenvalue weighted by Gasteiger charge is 2.42. The van der Waals surface area contributed by atoms with Crippen LogP contribution in [0.4, 0.5) is 5.69 Å². The van der Waals surface area contributed by atoms with Crippen molar-refractivity contribution in [1.82, 2.24) is 5.32 Å². The number of hydrogen-bond donors (Lipinski definition) is 2.